The highest BCUT2D eigenvalue weighted by atomic mass is 32.2. The molecular formula is C16H27N3O5S. The third-order valence-electron chi connectivity index (χ3n) is 3.63. The summed E-state index contributed by atoms with van der Waals surface area (Å²) in [5.74, 6) is 0.0512. The van der Waals surface area contributed by atoms with E-state index in [0.29, 0.717) is 0 Å². The second-order valence-electron chi connectivity index (χ2n) is 6.23. The second kappa shape index (κ2) is 9.71. The van der Waals surface area contributed by atoms with Gasteiger partial charge in [-0.2, -0.15) is 12.7 Å². The summed E-state index contributed by atoms with van der Waals surface area (Å²) in [5, 5.41) is 21.8. The molecule has 1 rings (SSSR count). The van der Waals surface area contributed by atoms with Crippen molar-refractivity contribution in [3.8, 4) is 0 Å². The predicted octanol–water partition coefficient (Wildman–Crippen LogP) is 0.648. The minimum absolute atomic E-state index is 0.0512. The van der Waals surface area contributed by atoms with Crippen molar-refractivity contribution >= 4 is 16.3 Å². The molecule has 4 N–H and O–H groups in total. The maximum atomic E-state index is 12.1. The first-order chi connectivity index (χ1) is 11.7. The lowest BCUT2D eigenvalue weighted by Gasteiger charge is -2.29. The average Bonchev–Trinajstić information content (AvgIpc) is 2.53. The van der Waals surface area contributed by atoms with E-state index in [-0.39, 0.29) is 25.4 Å². The zero-order valence-electron chi connectivity index (χ0n) is 14.7. The SMILES string of the molecule is CNS(=O)(=O)N(CC(C)C)C[C@@H](O)[C@H](Cc1ccccc1)NC(=O)O. The molecule has 0 aromatic heterocycles. The van der Waals surface area contributed by atoms with Crippen molar-refractivity contribution < 1.29 is 23.4 Å². The quantitative estimate of drug-likeness (QED) is 0.480. The van der Waals surface area contributed by atoms with Crippen molar-refractivity contribution in [3.05, 3.63) is 35.9 Å². The highest BCUT2D eigenvalue weighted by molar-refractivity contribution is 7.87. The Balaban J connectivity index is 2.93. The number of hydrogen-bond acceptors (Lipinski definition) is 4. The van der Waals surface area contributed by atoms with Crippen molar-refractivity contribution in [2.75, 3.05) is 20.1 Å². The van der Waals surface area contributed by atoms with Gasteiger partial charge in [0, 0.05) is 20.1 Å². The number of carboxylic acid groups (broad SMARTS) is 1. The van der Waals surface area contributed by atoms with Crippen molar-refractivity contribution in [3.63, 3.8) is 0 Å². The Morgan fingerprint density at radius 3 is 2.28 bits per heavy atom. The molecule has 0 fully saturated rings. The molecule has 0 radical (unpaired) electrons. The van der Waals surface area contributed by atoms with Gasteiger partial charge < -0.3 is 15.5 Å². The zero-order chi connectivity index (χ0) is 19.0. The van der Waals surface area contributed by atoms with Gasteiger partial charge in [0.2, 0.25) is 0 Å². The molecule has 9 heteroatoms. The van der Waals surface area contributed by atoms with E-state index in [0.717, 1.165) is 9.87 Å². The molecule has 8 nitrogen and oxygen atoms in total. The molecule has 0 saturated carbocycles. The van der Waals surface area contributed by atoms with E-state index in [1.54, 1.807) is 0 Å². The van der Waals surface area contributed by atoms with Crippen molar-refractivity contribution in [1.29, 1.82) is 0 Å². The highest BCUT2D eigenvalue weighted by Gasteiger charge is 2.29. The van der Waals surface area contributed by atoms with Gasteiger partial charge in [-0.25, -0.2) is 9.52 Å². The van der Waals surface area contributed by atoms with Crippen LogP contribution < -0.4 is 10.0 Å². The minimum atomic E-state index is -3.74. The van der Waals surface area contributed by atoms with Crippen LogP contribution in [-0.2, 0) is 16.6 Å². The number of aliphatic hydroxyl groups excluding tert-OH is 1. The first-order valence-corrected chi connectivity index (χ1v) is 9.49. The standard InChI is InChI=1S/C16H27N3O5S/c1-12(2)10-19(25(23,24)17-3)11-15(20)14(18-16(21)22)9-13-7-5-4-6-8-13/h4-8,12,14-15,17-18,20H,9-11H2,1-3H3,(H,21,22)/t14-,15+/m0/s1. The van der Waals surface area contributed by atoms with Gasteiger partial charge in [-0.1, -0.05) is 44.2 Å². The third kappa shape index (κ3) is 7.39. The van der Waals surface area contributed by atoms with E-state index in [1.807, 2.05) is 44.2 Å². The Kier molecular flexibility index (Phi) is 8.30. The van der Waals surface area contributed by atoms with Crippen LogP contribution in [0.1, 0.15) is 19.4 Å². The van der Waals surface area contributed by atoms with Crippen LogP contribution in [0.5, 0.6) is 0 Å². The van der Waals surface area contributed by atoms with Gasteiger partial charge in [0.05, 0.1) is 12.1 Å². The van der Waals surface area contributed by atoms with Gasteiger partial charge in [0.25, 0.3) is 10.2 Å². The summed E-state index contributed by atoms with van der Waals surface area (Å²) in [4.78, 5) is 11.1. The van der Waals surface area contributed by atoms with E-state index >= 15 is 0 Å². The zero-order valence-corrected chi connectivity index (χ0v) is 15.5. The minimum Gasteiger partial charge on any atom is -0.465 e. The summed E-state index contributed by atoms with van der Waals surface area (Å²) in [6.45, 7) is 3.73. The second-order valence-corrected chi connectivity index (χ2v) is 8.11. The molecule has 0 heterocycles. The molecule has 0 aliphatic carbocycles. The van der Waals surface area contributed by atoms with E-state index < -0.39 is 28.4 Å². The molecule has 1 amide bonds. The first kappa shape index (κ1) is 21.4. The largest absolute Gasteiger partial charge is 0.465 e. The fourth-order valence-electron chi connectivity index (χ4n) is 2.45. The molecule has 25 heavy (non-hydrogen) atoms. The topological polar surface area (TPSA) is 119 Å². The van der Waals surface area contributed by atoms with Crippen LogP contribution in [-0.4, -0.2) is 61.3 Å². The molecule has 2 atom stereocenters. The number of nitrogens with zero attached hydrogens (tertiary/aromatic N) is 1. The monoisotopic (exact) mass is 373 g/mol. The highest BCUT2D eigenvalue weighted by Crippen LogP contribution is 2.11. The first-order valence-electron chi connectivity index (χ1n) is 8.05. The Morgan fingerprint density at radius 1 is 1.20 bits per heavy atom. The lowest BCUT2D eigenvalue weighted by atomic mass is 10.0. The lowest BCUT2D eigenvalue weighted by molar-refractivity contribution is 0.0978. The number of nitrogens with one attached hydrogen (secondary N) is 2. The number of amides is 1. The van der Waals surface area contributed by atoms with Gasteiger partial charge >= 0.3 is 6.09 Å². The molecule has 0 saturated heterocycles. The summed E-state index contributed by atoms with van der Waals surface area (Å²) in [6.07, 6.45) is -2.21. The molecule has 0 aliphatic rings. The molecular weight excluding hydrogens is 346 g/mol. The molecule has 0 spiro atoms. The van der Waals surface area contributed by atoms with Gasteiger partial charge in [-0.15, -0.1) is 0 Å². The Morgan fingerprint density at radius 2 is 1.80 bits per heavy atom. The summed E-state index contributed by atoms with van der Waals surface area (Å²) in [7, 11) is -2.44. The molecule has 1 aromatic carbocycles. The molecule has 1 aromatic rings. The van der Waals surface area contributed by atoms with Gasteiger partial charge in [-0.3, -0.25) is 0 Å². The maximum absolute atomic E-state index is 12.1. The number of benzene rings is 1. The lowest BCUT2D eigenvalue weighted by Crippen LogP contribution is -2.52. The van der Waals surface area contributed by atoms with Crippen LogP contribution in [0.15, 0.2) is 30.3 Å². The van der Waals surface area contributed by atoms with Gasteiger partial charge in [0.1, 0.15) is 0 Å². The van der Waals surface area contributed by atoms with E-state index in [1.165, 1.54) is 7.05 Å². The van der Waals surface area contributed by atoms with Crippen LogP contribution in [0, 0.1) is 5.92 Å². The Bertz CT molecular complexity index is 636. The van der Waals surface area contributed by atoms with Crippen LogP contribution in [0.4, 0.5) is 4.79 Å². The fourth-order valence-corrected chi connectivity index (χ4v) is 3.55. The fraction of sp³-hybridized carbons (Fsp3) is 0.562. The van der Waals surface area contributed by atoms with Crippen LogP contribution in [0.2, 0.25) is 0 Å². The molecule has 0 bridgehead atoms. The maximum Gasteiger partial charge on any atom is 0.404 e. The van der Waals surface area contributed by atoms with Crippen LogP contribution in [0.3, 0.4) is 0 Å². The number of rotatable bonds is 10. The Labute approximate surface area is 149 Å². The van der Waals surface area contributed by atoms with E-state index in [4.69, 9.17) is 5.11 Å². The van der Waals surface area contributed by atoms with Crippen LogP contribution >= 0.6 is 0 Å². The summed E-state index contributed by atoms with van der Waals surface area (Å²) in [5.41, 5.74) is 0.840. The predicted molar refractivity (Wildman–Crippen MR) is 95.5 cm³/mol. The summed E-state index contributed by atoms with van der Waals surface area (Å²) >= 11 is 0. The number of hydrogen-bond donors (Lipinski definition) is 4. The van der Waals surface area contributed by atoms with Crippen LogP contribution in [0.25, 0.3) is 0 Å². The van der Waals surface area contributed by atoms with E-state index in [2.05, 4.69) is 10.0 Å². The van der Waals surface area contributed by atoms with Gasteiger partial charge in [0.15, 0.2) is 0 Å². The summed E-state index contributed by atoms with van der Waals surface area (Å²) < 4.78 is 27.6. The smallest absolute Gasteiger partial charge is 0.404 e. The normalized spacial score (nSPS) is 14.5. The van der Waals surface area contributed by atoms with E-state index in [9.17, 15) is 18.3 Å². The Hall–Kier alpha value is -1.68. The van der Waals surface area contributed by atoms with Crippen molar-refractivity contribution in [1.82, 2.24) is 14.3 Å². The number of aliphatic hydroxyl groups is 1. The molecule has 0 aliphatic heterocycles. The molecule has 142 valence electrons. The average molecular weight is 373 g/mol. The number of carbonyl (C=O) groups is 1. The van der Waals surface area contributed by atoms with Crippen molar-refractivity contribution in [2.45, 2.75) is 32.4 Å². The molecule has 0 unspecified atom stereocenters. The van der Waals surface area contributed by atoms with Gasteiger partial charge in [-0.05, 0) is 17.9 Å². The summed E-state index contributed by atoms with van der Waals surface area (Å²) in [6, 6.07) is 8.27. The van der Waals surface area contributed by atoms with Crippen molar-refractivity contribution in [2.24, 2.45) is 5.92 Å². The third-order valence-corrected chi connectivity index (χ3v) is 5.12.